The Morgan fingerprint density at radius 1 is 1.22 bits per heavy atom. The summed E-state index contributed by atoms with van der Waals surface area (Å²) >= 11 is 11.9. The number of halogens is 2. The maximum absolute atomic E-state index is 11.2. The van der Waals surface area contributed by atoms with Crippen LogP contribution in [0.1, 0.15) is 26.0 Å². The van der Waals surface area contributed by atoms with Crippen molar-refractivity contribution >= 4 is 29.2 Å². The Kier molecular flexibility index (Phi) is 6.10. The molecule has 1 aromatic carbocycles. The minimum absolute atomic E-state index is 0.298. The molecule has 0 saturated carbocycles. The third-order valence-corrected chi connectivity index (χ3v) is 4.13. The second kappa shape index (κ2) is 7.86. The summed E-state index contributed by atoms with van der Waals surface area (Å²) in [4.78, 5) is 11.2. The molecule has 0 spiro atoms. The first kappa shape index (κ1) is 17.9. The van der Waals surface area contributed by atoms with Gasteiger partial charge in [0, 0.05) is 5.56 Å². The van der Waals surface area contributed by atoms with E-state index in [-0.39, 0.29) is 0 Å². The number of nitrogens with one attached hydrogen (secondary N) is 1. The summed E-state index contributed by atoms with van der Waals surface area (Å²) in [5.41, 5.74) is 0.822. The highest BCUT2D eigenvalue weighted by Gasteiger charge is 2.18. The van der Waals surface area contributed by atoms with Crippen molar-refractivity contribution in [2.24, 2.45) is 5.92 Å². The molecule has 1 unspecified atom stereocenters. The fourth-order valence-corrected chi connectivity index (χ4v) is 2.54. The predicted octanol–water partition coefficient (Wildman–Crippen LogP) is 4.84. The lowest BCUT2D eigenvalue weighted by Gasteiger charge is -2.15. The van der Waals surface area contributed by atoms with Crippen LogP contribution in [0.3, 0.4) is 0 Å². The van der Waals surface area contributed by atoms with Crippen molar-refractivity contribution in [3.05, 3.63) is 46.1 Å². The third-order valence-electron chi connectivity index (χ3n) is 3.39. The van der Waals surface area contributed by atoms with E-state index in [9.17, 15) is 9.90 Å². The van der Waals surface area contributed by atoms with Gasteiger partial charge in [-0.1, -0.05) is 37.0 Å². The predicted molar refractivity (Wildman–Crippen MR) is 91.9 cm³/mol. The first-order valence-electron chi connectivity index (χ1n) is 7.37. The molecular weight excluding hydrogens is 337 g/mol. The van der Waals surface area contributed by atoms with E-state index >= 15 is 0 Å². The van der Waals surface area contributed by atoms with E-state index in [4.69, 9.17) is 27.6 Å². The van der Waals surface area contributed by atoms with Crippen LogP contribution in [0.5, 0.6) is 0 Å². The average molecular weight is 356 g/mol. The zero-order valence-electron chi connectivity index (χ0n) is 13.0. The molecule has 1 heterocycles. The zero-order valence-corrected chi connectivity index (χ0v) is 14.5. The molecule has 0 saturated heterocycles. The number of benzene rings is 1. The van der Waals surface area contributed by atoms with Crippen molar-refractivity contribution in [2.45, 2.75) is 32.9 Å². The highest BCUT2D eigenvalue weighted by Crippen LogP contribution is 2.29. The summed E-state index contributed by atoms with van der Waals surface area (Å²) in [6.45, 7) is 4.34. The van der Waals surface area contributed by atoms with Gasteiger partial charge < -0.3 is 9.52 Å². The normalized spacial score (nSPS) is 12.6. The lowest BCUT2D eigenvalue weighted by Crippen LogP contribution is -2.37. The van der Waals surface area contributed by atoms with E-state index in [1.54, 1.807) is 12.1 Å². The number of furan rings is 1. The Balaban J connectivity index is 2.04. The molecule has 0 radical (unpaired) electrons. The van der Waals surface area contributed by atoms with Crippen LogP contribution in [0.2, 0.25) is 10.0 Å². The van der Waals surface area contributed by atoms with Crippen molar-refractivity contribution in [2.75, 3.05) is 0 Å². The lowest BCUT2D eigenvalue weighted by molar-refractivity contribution is -0.140. The Bertz CT molecular complexity index is 682. The summed E-state index contributed by atoms with van der Waals surface area (Å²) in [6, 6.07) is 8.33. The zero-order chi connectivity index (χ0) is 17.0. The number of aliphatic carboxylic acids is 1. The molecule has 0 fully saturated rings. The molecular formula is C17H19Cl2NO3. The largest absolute Gasteiger partial charge is 0.480 e. The van der Waals surface area contributed by atoms with Gasteiger partial charge in [0.2, 0.25) is 0 Å². The fourth-order valence-electron chi connectivity index (χ4n) is 2.24. The Labute approximate surface area is 145 Å². The molecule has 1 aromatic heterocycles. The minimum atomic E-state index is -0.852. The SMILES string of the molecule is CC(C)CC(NCc1ccc(-c2ccc(Cl)c(Cl)c2)o1)C(=O)O. The van der Waals surface area contributed by atoms with E-state index in [1.165, 1.54) is 0 Å². The van der Waals surface area contributed by atoms with Crippen LogP contribution in [0.4, 0.5) is 0 Å². The maximum atomic E-state index is 11.2. The molecule has 0 aliphatic heterocycles. The minimum Gasteiger partial charge on any atom is -0.480 e. The number of rotatable bonds is 7. The second-order valence-electron chi connectivity index (χ2n) is 5.80. The first-order valence-corrected chi connectivity index (χ1v) is 8.12. The van der Waals surface area contributed by atoms with Gasteiger partial charge in [0.25, 0.3) is 0 Å². The van der Waals surface area contributed by atoms with Crippen LogP contribution in [0.25, 0.3) is 11.3 Å². The summed E-state index contributed by atoms with van der Waals surface area (Å²) < 4.78 is 5.74. The first-order chi connectivity index (χ1) is 10.9. The fraction of sp³-hybridized carbons (Fsp3) is 0.353. The van der Waals surface area contributed by atoms with Crippen LogP contribution in [-0.4, -0.2) is 17.1 Å². The van der Waals surface area contributed by atoms with E-state index < -0.39 is 12.0 Å². The van der Waals surface area contributed by atoms with Crippen LogP contribution >= 0.6 is 23.2 Å². The molecule has 1 atom stereocenters. The summed E-state index contributed by atoms with van der Waals surface area (Å²) in [5.74, 6) is 0.777. The molecule has 4 nitrogen and oxygen atoms in total. The molecule has 2 rings (SSSR count). The van der Waals surface area contributed by atoms with Gasteiger partial charge in [-0.15, -0.1) is 0 Å². The van der Waals surface area contributed by atoms with Gasteiger partial charge in [0.05, 0.1) is 16.6 Å². The van der Waals surface area contributed by atoms with Crippen molar-refractivity contribution in [1.82, 2.24) is 5.32 Å². The van der Waals surface area contributed by atoms with Gasteiger partial charge >= 0.3 is 5.97 Å². The number of carboxylic acid groups (broad SMARTS) is 1. The highest BCUT2D eigenvalue weighted by molar-refractivity contribution is 6.42. The summed E-state index contributed by atoms with van der Waals surface area (Å²) in [5, 5.41) is 13.2. The maximum Gasteiger partial charge on any atom is 0.320 e. The standard InChI is InChI=1S/C17H19Cl2NO3/c1-10(2)7-15(17(21)22)20-9-12-4-6-16(23-12)11-3-5-13(18)14(19)8-11/h3-6,8,10,15,20H,7,9H2,1-2H3,(H,21,22). The van der Waals surface area contributed by atoms with Gasteiger partial charge in [0.15, 0.2) is 0 Å². The van der Waals surface area contributed by atoms with Gasteiger partial charge in [0.1, 0.15) is 17.6 Å². The van der Waals surface area contributed by atoms with E-state index in [2.05, 4.69) is 5.32 Å². The molecule has 0 aliphatic rings. The number of carbonyl (C=O) groups is 1. The Morgan fingerprint density at radius 2 is 1.96 bits per heavy atom. The van der Waals surface area contributed by atoms with Gasteiger partial charge in [-0.05, 0) is 42.7 Å². The van der Waals surface area contributed by atoms with Crippen molar-refractivity contribution in [1.29, 1.82) is 0 Å². The molecule has 0 aliphatic carbocycles. The molecule has 124 valence electrons. The third kappa shape index (κ3) is 4.99. The van der Waals surface area contributed by atoms with Crippen LogP contribution in [0.15, 0.2) is 34.7 Å². The van der Waals surface area contributed by atoms with E-state index in [1.807, 2.05) is 32.0 Å². The van der Waals surface area contributed by atoms with Crippen LogP contribution < -0.4 is 5.32 Å². The second-order valence-corrected chi connectivity index (χ2v) is 6.61. The monoisotopic (exact) mass is 355 g/mol. The lowest BCUT2D eigenvalue weighted by atomic mass is 10.0. The quantitative estimate of drug-likeness (QED) is 0.745. The van der Waals surface area contributed by atoms with Gasteiger partial charge in [-0.2, -0.15) is 0 Å². The number of hydrogen-bond acceptors (Lipinski definition) is 3. The van der Waals surface area contributed by atoms with Gasteiger partial charge in [-0.3, -0.25) is 10.1 Å². The van der Waals surface area contributed by atoms with Crippen molar-refractivity contribution in [3.63, 3.8) is 0 Å². The van der Waals surface area contributed by atoms with E-state index in [0.717, 1.165) is 5.56 Å². The van der Waals surface area contributed by atoms with Gasteiger partial charge in [-0.25, -0.2) is 0 Å². The van der Waals surface area contributed by atoms with Crippen LogP contribution in [0, 0.1) is 5.92 Å². The van der Waals surface area contributed by atoms with Crippen LogP contribution in [-0.2, 0) is 11.3 Å². The number of carboxylic acids is 1. The van der Waals surface area contributed by atoms with Crippen molar-refractivity contribution in [3.8, 4) is 11.3 Å². The highest BCUT2D eigenvalue weighted by atomic mass is 35.5. The molecule has 6 heteroatoms. The Hall–Kier alpha value is -1.49. The molecule has 2 N–H and O–H groups in total. The molecule has 0 amide bonds. The van der Waals surface area contributed by atoms with Crippen molar-refractivity contribution < 1.29 is 14.3 Å². The topological polar surface area (TPSA) is 62.5 Å². The summed E-state index contributed by atoms with van der Waals surface area (Å²) in [7, 11) is 0. The summed E-state index contributed by atoms with van der Waals surface area (Å²) in [6.07, 6.45) is 0.565. The average Bonchev–Trinajstić information content (AvgIpc) is 2.94. The smallest absolute Gasteiger partial charge is 0.320 e. The molecule has 23 heavy (non-hydrogen) atoms. The van der Waals surface area contributed by atoms with E-state index in [0.29, 0.717) is 40.4 Å². The number of hydrogen-bond donors (Lipinski definition) is 2. The molecule has 2 aromatic rings. The molecule has 0 bridgehead atoms. The Morgan fingerprint density at radius 3 is 2.57 bits per heavy atom.